The van der Waals surface area contributed by atoms with Crippen molar-refractivity contribution in [1.29, 1.82) is 0 Å². The van der Waals surface area contributed by atoms with Crippen molar-refractivity contribution < 1.29 is 0 Å². The van der Waals surface area contributed by atoms with Crippen molar-refractivity contribution in [3.05, 3.63) is 34.4 Å². The Hall–Kier alpha value is -2.15. The lowest BCUT2D eigenvalue weighted by molar-refractivity contribution is 1.09. The smallest absolute Gasteiger partial charge is 0.226 e. The van der Waals surface area contributed by atoms with Gasteiger partial charge in [-0.1, -0.05) is 6.07 Å². The number of rotatable bonds is 3. The predicted octanol–water partition coefficient (Wildman–Crippen LogP) is 3.21. The van der Waals surface area contributed by atoms with Crippen LogP contribution in [0.5, 0.6) is 0 Å². The van der Waals surface area contributed by atoms with Crippen molar-refractivity contribution in [1.82, 2.24) is 20.2 Å². The van der Waals surface area contributed by atoms with Crippen molar-refractivity contribution >= 4 is 44.4 Å². The maximum Gasteiger partial charge on any atom is 0.226 e. The Labute approximate surface area is 124 Å². The van der Waals surface area contributed by atoms with Crippen molar-refractivity contribution in [2.75, 3.05) is 17.7 Å². The van der Waals surface area contributed by atoms with Crippen LogP contribution in [0.3, 0.4) is 0 Å². The number of aryl methyl sites for hydroxylation is 1. The highest BCUT2D eigenvalue weighted by Gasteiger charge is 2.10. The fourth-order valence-corrected chi connectivity index (χ4v) is 2.25. The Kier molecular flexibility index (Phi) is 3.27. The number of nitrogens with one attached hydrogen (secondary N) is 3. The maximum absolute atomic E-state index is 4.44. The lowest BCUT2D eigenvalue weighted by atomic mass is 10.2. The Balaban J connectivity index is 2.09. The van der Waals surface area contributed by atoms with Gasteiger partial charge in [-0.05, 0) is 40.5 Å². The van der Waals surface area contributed by atoms with Gasteiger partial charge in [0, 0.05) is 11.5 Å². The number of aromatic amines is 1. The minimum atomic E-state index is 0.535. The first kappa shape index (κ1) is 12.9. The first-order chi connectivity index (χ1) is 9.67. The molecular formula is C13H13BrN6. The standard InChI is InChI=1S/C13H13BrN6/c1-7-3-4-9(14)10(5-7)17-11-8-6-16-20-12(8)19-13(15-2)18-11/h3-6H,1-2H3,(H3,15,16,17,18,19,20). The first-order valence-corrected chi connectivity index (χ1v) is 6.88. The molecule has 0 bridgehead atoms. The third-order valence-corrected chi connectivity index (χ3v) is 3.60. The number of aromatic nitrogens is 4. The molecule has 7 heteroatoms. The normalized spacial score (nSPS) is 10.8. The molecule has 2 aromatic heterocycles. The fraction of sp³-hybridized carbons (Fsp3) is 0.154. The summed E-state index contributed by atoms with van der Waals surface area (Å²) in [6.07, 6.45) is 1.71. The summed E-state index contributed by atoms with van der Waals surface area (Å²) in [5, 5.41) is 14.0. The van der Waals surface area contributed by atoms with Crippen LogP contribution in [0, 0.1) is 6.92 Å². The number of halogens is 1. The van der Waals surface area contributed by atoms with Gasteiger partial charge in [-0.25, -0.2) is 0 Å². The van der Waals surface area contributed by atoms with E-state index in [1.165, 1.54) is 5.56 Å². The summed E-state index contributed by atoms with van der Waals surface area (Å²) < 4.78 is 0.976. The molecule has 0 amide bonds. The number of hydrogen-bond acceptors (Lipinski definition) is 5. The molecule has 0 saturated heterocycles. The summed E-state index contributed by atoms with van der Waals surface area (Å²) >= 11 is 3.53. The Morgan fingerprint density at radius 3 is 2.90 bits per heavy atom. The molecule has 3 rings (SSSR count). The van der Waals surface area contributed by atoms with E-state index in [1.54, 1.807) is 13.2 Å². The fourth-order valence-electron chi connectivity index (χ4n) is 1.90. The molecule has 3 N–H and O–H groups in total. The molecule has 0 aliphatic heterocycles. The molecular weight excluding hydrogens is 320 g/mol. The average molecular weight is 333 g/mol. The molecule has 1 aromatic carbocycles. The molecule has 6 nitrogen and oxygen atoms in total. The van der Waals surface area contributed by atoms with E-state index in [4.69, 9.17) is 0 Å². The molecule has 0 unspecified atom stereocenters. The van der Waals surface area contributed by atoms with Crippen LogP contribution >= 0.6 is 15.9 Å². The lowest BCUT2D eigenvalue weighted by Gasteiger charge is -2.10. The van der Waals surface area contributed by atoms with E-state index in [9.17, 15) is 0 Å². The third-order valence-electron chi connectivity index (χ3n) is 2.91. The van der Waals surface area contributed by atoms with Gasteiger partial charge in [0.1, 0.15) is 5.82 Å². The van der Waals surface area contributed by atoms with Gasteiger partial charge in [-0.2, -0.15) is 15.1 Å². The van der Waals surface area contributed by atoms with Crippen LogP contribution in [0.15, 0.2) is 28.9 Å². The van der Waals surface area contributed by atoms with Crippen molar-refractivity contribution in [2.24, 2.45) is 0 Å². The van der Waals surface area contributed by atoms with Crippen LogP contribution in [0.1, 0.15) is 5.56 Å². The summed E-state index contributed by atoms with van der Waals surface area (Å²) in [5.41, 5.74) is 2.81. The molecule has 102 valence electrons. The van der Waals surface area contributed by atoms with Gasteiger partial charge in [0.15, 0.2) is 5.65 Å². The number of nitrogens with zero attached hydrogens (tertiary/aromatic N) is 3. The second-order valence-electron chi connectivity index (χ2n) is 4.39. The van der Waals surface area contributed by atoms with Crippen molar-refractivity contribution in [3.63, 3.8) is 0 Å². The average Bonchev–Trinajstić information content (AvgIpc) is 2.91. The van der Waals surface area contributed by atoms with Gasteiger partial charge in [0.05, 0.1) is 17.3 Å². The topological polar surface area (TPSA) is 78.5 Å². The highest BCUT2D eigenvalue weighted by molar-refractivity contribution is 9.10. The molecule has 0 fully saturated rings. The van der Waals surface area contributed by atoms with E-state index in [2.05, 4.69) is 52.8 Å². The summed E-state index contributed by atoms with van der Waals surface area (Å²) in [4.78, 5) is 8.75. The second kappa shape index (κ2) is 5.09. The van der Waals surface area contributed by atoms with Gasteiger partial charge >= 0.3 is 0 Å². The number of fused-ring (bicyclic) bond motifs is 1. The van der Waals surface area contributed by atoms with Crippen LogP contribution in [0.25, 0.3) is 11.0 Å². The maximum atomic E-state index is 4.44. The van der Waals surface area contributed by atoms with Crippen molar-refractivity contribution in [2.45, 2.75) is 6.92 Å². The Morgan fingerprint density at radius 2 is 2.10 bits per heavy atom. The molecule has 2 heterocycles. The van der Waals surface area contributed by atoms with E-state index in [1.807, 2.05) is 19.1 Å². The highest BCUT2D eigenvalue weighted by Crippen LogP contribution is 2.29. The summed E-state index contributed by atoms with van der Waals surface area (Å²) in [6, 6.07) is 6.10. The molecule has 0 radical (unpaired) electrons. The number of benzene rings is 1. The van der Waals surface area contributed by atoms with Gasteiger partial charge in [0.2, 0.25) is 5.95 Å². The van der Waals surface area contributed by atoms with Gasteiger partial charge < -0.3 is 10.6 Å². The van der Waals surface area contributed by atoms with Gasteiger partial charge in [-0.15, -0.1) is 0 Å². The minimum Gasteiger partial charge on any atom is -0.357 e. The van der Waals surface area contributed by atoms with Crippen LogP contribution in [0.4, 0.5) is 17.5 Å². The number of H-pyrrole nitrogens is 1. The van der Waals surface area contributed by atoms with E-state index in [-0.39, 0.29) is 0 Å². The van der Waals surface area contributed by atoms with E-state index >= 15 is 0 Å². The molecule has 0 atom stereocenters. The second-order valence-corrected chi connectivity index (χ2v) is 5.24. The van der Waals surface area contributed by atoms with Crippen LogP contribution in [-0.4, -0.2) is 27.2 Å². The Bertz CT molecular complexity index is 767. The number of anilines is 3. The molecule has 0 aliphatic rings. The van der Waals surface area contributed by atoms with Gasteiger partial charge in [0.25, 0.3) is 0 Å². The van der Waals surface area contributed by atoms with E-state index < -0.39 is 0 Å². The SMILES string of the molecule is CNc1nc(Nc2cc(C)ccc2Br)c2cn[nH]c2n1. The Morgan fingerprint density at radius 1 is 1.25 bits per heavy atom. The predicted molar refractivity (Wildman–Crippen MR) is 83.4 cm³/mol. The van der Waals surface area contributed by atoms with Crippen molar-refractivity contribution in [3.8, 4) is 0 Å². The first-order valence-electron chi connectivity index (χ1n) is 6.09. The molecule has 0 spiro atoms. The van der Waals surface area contributed by atoms with Gasteiger partial charge in [-0.3, -0.25) is 5.10 Å². The van der Waals surface area contributed by atoms with Crippen LogP contribution in [0.2, 0.25) is 0 Å². The highest BCUT2D eigenvalue weighted by atomic mass is 79.9. The molecule has 20 heavy (non-hydrogen) atoms. The van der Waals surface area contributed by atoms with Crippen LogP contribution in [-0.2, 0) is 0 Å². The molecule has 3 aromatic rings. The quantitative estimate of drug-likeness (QED) is 0.686. The minimum absolute atomic E-state index is 0.535. The third kappa shape index (κ3) is 2.32. The number of hydrogen-bond donors (Lipinski definition) is 3. The molecule has 0 aliphatic carbocycles. The van der Waals surface area contributed by atoms with Crippen LogP contribution < -0.4 is 10.6 Å². The zero-order valence-electron chi connectivity index (χ0n) is 11.0. The summed E-state index contributed by atoms with van der Waals surface area (Å²) in [5.74, 6) is 1.24. The lowest BCUT2D eigenvalue weighted by Crippen LogP contribution is -2.02. The monoisotopic (exact) mass is 332 g/mol. The summed E-state index contributed by atoms with van der Waals surface area (Å²) in [7, 11) is 1.78. The summed E-state index contributed by atoms with van der Waals surface area (Å²) in [6.45, 7) is 2.05. The largest absolute Gasteiger partial charge is 0.357 e. The zero-order chi connectivity index (χ0) is 14.1. The van der Waals surface area contributed by atoms with E-state index in [0.29, 0.717) is 17.4 Å². The van der Waals surface area contributed by atoms with E-state index in [0.717, 1.165) is 15.5 Å². The zero-order valence-corrected chi connectivity index (χ0v) is 12.6. The molecule has 0 saturated carbocycles.